The monoisotopic (exact) mass is 173 g/mol. The van der Waals surface area contributed by atoms with Crippen LogP contribution in [0.1, 0.15) is 27.2 Å². The third-order valence-electron chi connectivity index (χ3n) is 1.52. The zero-order chi connectivity index (χ0) is 8.85. The van der Waals surface area contributed by atoms with Gasteiger partial charge in [0.05, 0.1) is 11.0 Å². The summed E-state index contributed by atoms with van der Waals surface area (Å²) >= 11 is 1.45. The van der Waals surface area contributed by atoms with Gasteiger partial charge in [0.25, 0.3) is 0 Å². The van der Waals surface area contributed by atoms with Crippen LogP contribution in [0.15, 0.2) is 0 Å². The van der Waals surface area contributed by atoms with Gasteiger partial charge in [0, 0.05) is 6.42 Å². The highest BCUT2D eigenvalue weighted by atomic mass is 32.2. The first-order valence-corrected chi connectivity index (χ1v) is 4.85. The zero-order valence-corrected chi connectivity index (χ0v) is 8.12. The quantitative estimate of drug-likeness (QED) is 0.523. The Bertz CT molecular complexity index is 156. The van der Waals surface area contributed by atoms with E-state index < -0.39 is 0 Å². The molecule has 0 heterocycles. The Kier molecular flexibility index (Phi) is 5.20. The minimum absolute atomic E-state index is 0.163. The molecule has 0 radical (unpaired) electrons. The topological polar surface area (TPSA) is 40.9 Å². The number of ketones is 1. The lowest BCUT2D eigenvalue weighted by Crippen LogP contribution is -2.17. The van der Waals surface area contributed by atoms with Crippen LogP contribution in [0.25, 0.3) is 0 Å². The molecule has 0 spiro atoms. The molecular formula is C8H15NOS. The molecule has 11 heavy (non-hydrogen) atoms. The van der Waals surface area contributed by atoms with Crippen LogP contribution in [-0.2, 0) is 4.79 Å². The number of hydrogen-bond donors (Lipinski definition) is 1. The van der Waals surface area contributed by atoms with Gasteiger partial charge in [0.15, 0.2) is 0 Å². The van der Waals surface area contributed by atoms with Gasteiger partial charge >= 0.3 is 0 Å². The molecule has 0 rings (SSSR count). The Morgan fingerprint density at radius 1 is 1.55 bits per heavy atom. The van der Waals surface area contributed by atoms with Crippen molar-refractivity contribution in [3.8, 4) is 0 Å². The van der Waals surface area contributed by atoms with Crippen LogP contribution in [0.5, 0.6) is 0 Å². The average molecular weight is 173 g/mol. The fourth-order valence-corrected chi connectivity index (χ4v) is 1.43. The van der Waals surface area contributed by atoms with Gasteiger partial charge in [-0.3, -0.25) is 10.2 Å². The van der Waals surface area contributed by atoms with E-state index in [2.05, 4.69) is 0 Å². The Hall–Kier alpha value is -0.310. The van der Waals surface area contributed by atoms with Crippen molar-refractivity contribution in [3.05, 3.63) is 0 Å². The van der Waals surface area contributed by atoms with Crippen LogP contribution >= 0.6 is 11.8 Å². The molecule has 2 nitrogen and oxygen atoms in total. The Balaban J connectivity index is 3.91. The summed E-state index contributed by atoms with van der Waals surface area (Å²) < 4.78 is 0. The van der Waals surface area contributed by atoms with Crippen molar-refractivity contribution in [2.24, 2.45) is 5.92 Å². The number of hydrogen-bond acceptors (Lipinski definition) is 3. The van der Waals surface area contributed by atoms with Crippen LogP contribution in [0.2, 0.25) is 0 Å². The molecule has 0 aromatic carbocycles. The second-order valence-corrected chi connectivity index (χ2v) is 3.64. The second-order valence-electron chi connectivity index (χ2n) is 2.34. The highest BCUT2D eigenvalue weighted by Gasteiger charge is 2.15. The predicted octanol–water partition coefficient (Wildman–Crippen LogP) is 2.33. The normalized spacial score (nSPS) is 12.6. The van der Waals surface area contributed by atoms with Crippen LogP contribution in [0, 0.1) is 11.3 Å². The lowest BCUT2D eigenvalue weighted by molar-refractivity contribution is -0.120. The summed E-state index contributed by atoms with van der Waals surface area (Å²) in [6.07, 6.45) is 0.536. The molecule has 0 aliphatic heterocycles. The molecule has 1 N–H and O–H groups in total. The van der Waals surface area contributed by atoms with Gasteiger partial charge in [-0.1, -0.05) is 13.8 Å². The van der Waals surface area contributed by atoms with E-state index in [-0.39, 0.29) is 11.7 Å². The first-order chi connectivity index (χ1) is 5.13. The minimum atomic E-state index is -0.190. The Morgan fingerprint density at radius 2 is 2.09 bits per heavy atom. The second kappa shape index (κ2) is 5.35. The van der Waals surface area contributed by atoms with Crippen molar-refractivity contribution < 1.29 is 4.79 Å². The highest BCUT2D eigenvalue weighted by molar-refractivity contribution is 8.13. The van der Waals surface area contributed by atoms with Crippen LogP contribution < -0.4 is 0 Å². The fraction of sp³-hybridized carbons (Fsp3) is 0.750. The minimum Gasteiger partial charge on any atom is -0.299 e. The highest BCUT2D eigenvalue weighted by Crippen LogP contribution is 2.12. The number of nitrogens with one attached hydrogen (secondary N) is 1. The van der Waals surface area contributed by atoms with Crippen LogP contribution in [-0.4, -0.2) is 16.6 Å². The lowest BCUT2D eigenvalue weighted by Gasteiger charge is -2.08. The van der Waals surface area contributed by atoms with Crippen molar-refractivity contribution in [2.75, 3.05) is 5.75 Å². The summed E-state index contributed by atoms with van der Waals surface area (Å²) in [7, 11) is 0. The molecule has 1 unspecified atom stereocenters. The number of carbonyl (C=O) groups is 1. The molecule has 0 aromatic heterocycles. The summed E-state index contributed by atoms with van der Waals surface area (Å²) in [6.45, 7) is 5.63. The third-order valence-corrected chi connectivity index (χ3v) is 2.48. The first-order valence-electron chi connectivity index (χ1n) is 3.87. The van der Waals surface area contributed by atoms with Gasteiger partial charge < -0.3 is 0 Å². The summed E-state index contributed by atoms with van der Waals surface area (Å²) in [5.41, 5.74) is 0. The molecular weight excluding hydrogens is 158 g/mol. The maximum Gasteiger partial charge on any atom is 0.141 e. The molecule has 0 aliphatic carbocycles. The molecule has 3 heteroatoms. The van der Waals surface area contributed by atoms with E-state index >= 15 is 0 Å². The van der Waals surface area contributed by atoms with E-state index in [9.17, 15) is 4.79 Å². The fourth-order valence-electron chi connectivity index (χ4n) is 0.733. The van der Waals surface area contributed by atoms with Crippen molar-refractivity contribution in [2.45, 2.75) is 27.2 Å². The van der Waals surface area contributed by atoms with E-state index in [1.165, 1.54) is 11.8 Å². The number of Topliss-reactive ketones (excluding diaryl/α,β-unsaturated/α-hetero) is 1. The maximum absolute atomic E-state index is 11.1. The summed E-state index contributed by atoms with van der Waals surface area (Å²) in [6, 6.07) is 0. The van der Waals surface area contributed by atoms with E-state index in [1.807, 2.05) is 13.8 Å². The van der Waals surface area contributed by atoms with Gasteiger partial charge in [-0.15, -0.1) is 11.8 Å². The van der Waals surface area contributed by atoms with E-state index in [4.69, 9.17) is 5.41 Å². The largest absolute Gasteiger partial charge is 0.299 e. The molecule has 0 saturated heterocycles. The molecule has 0 fully saturated rings. The van der Waals surface area contributed by atoms with Gasteiger partial charge in [-0.05, 0) is 12.7 Å². The van der Waals surface area contributed by atoms with Gasteiger partial charge in [-0.25, -0.2) is 0 Å². The summed E-state index contributed by atoms with van der Waals surface area (Å²) in [4.78, 5) is 11.1. The number of carbonyl (C=O) groups excluding carboxylic acids is 1. The Labute approximate surface area is 72.3 Å². The smallest absolute Gasteiger partial charge is 0.141 e. The predicted molar refractivity (Wildman–Crippen MR) is 50.3 cm³/mol. The van der Waals surface area contributed by atoms with Crippen molar-refractivity contribution >= 4 is 22.6 Å². The van der Waals surface area contributed by atoms with E-state index in [0.29, 0.717) is 11.5 Å². The molecule has 0 amide bonds. The average Bonchev–Trinajstić information content (AvgIpc) is 2.02. The van der Waals surface area contributed by atoms with Crippen LogP contribution in [0.4, 0.5) is 0 Å². The molecule has 64 valence electrons. The molecule has 0 aliphatic rings. The van der Waals surface area contributed by atoms with Crippen molar-refractivity contribution in [1.82, 2.24) is 0 Å². The standard InChI is InChI=1S/C8H15NOS/c1-4-7(10)6(3)8(9)11-5-2/h6,9H,4-5H2,1-3H3. The van der Waals surface area contributed by atoms with Crippen LogP contribution in [0.3, 0.4) is 0 Å². The van der Waals surface area contributed by atoms with Gasteiger partial charge in [-0.2, -0.15) is 0 Å². The first kappa shape index (κ1) is 10.7. The van der Waals surface area contributed by atoms with Gasteiger partial charge in [0.1, 0.15) is 5.78 Å². The lowest BCUT2D eigenvalue weighted by atomic mass is 10.1. The molecule has 0 aromatic rings. The molecule has 1 atom stereocenters. The van der Waals surface area contributed by atoms with Gasteiger partial charge in [0.2, 0.25) is 0 Å². The summed E-state index contributed by atoms with van der Waals surface area (Å²) in [5, 5.41) is 7.97. The Morgan fingerprint density at radius 3 is 2.45 bits per heavy atom. The van der Waals surface area contributed by atoms with Crippen molar-refractivity contribution in [3.63, 3.8) is 0 Å². The van der Waals surface area contributed by atoms with E-state index in [1.54, 1.807) is 6.92 Å². The van der Waals surface area contributed by atoms with Crippen molar-refractivity contribution in [1.29, 1.82) is 5.41 Å². The number of rotatable bonds is 4. The maximum atomic E-state index is 11.1. The number of thioether (sulfide) groups is 1. The third kappa shape index (κ3) is 3.56. The molecule has 0 bridgehead atoms. The molecule has 0 saturated carbocycles. The van der Waals surface area contributed by atoms with E-state index in [0.717, 1.165) is 5.75 Å². The zero-order valence-electron chi connectivity index (χ0n) is 7.31. The SMILES string of the molecule is CCSC(=N)C(C)C(=O)CC. The summed E-state index contributed by atoms with van der Waals surface area (Å²) in [5.74, 6) is 0.848.